The van der Waals surface area contributed by atoms with Crippen LogP contribution >= 0.6 is 24.0 Å². The van der Waals surface area contributed by atoms with E-state index in [0.29, 0.717) is 0 Å². The molecule has 0 spiro atoms. The Hall–Kier alpha value is -0.790. The van der Waals surface area contributed by atoms with Gasteiger partial charge in [0.25, 0.3) is 0 Å². The maximum atomic E-state index is 5.21. The first-order valence-electron chi connectivity index (χ1n) is 9.64. The predicted molar refractivity (Wildman–Crippen MR) is 115 cm³/mol. The van der Waals surface area contributed by atoms with Crippen LogP contribution in [0.4, 0.5) is 0 Å². The van der Waals surface area contributed by atoms with Gasteiger partial charge in [-0.05, 0) is 46.0 Å². The number of aromatic nitrogens is 1. The number of hydrogen-bond donors (Lipinski definition) is 2. The second kappa shape index (κ2) is 12.5. The van der Waals surface area contributed by atoms with Crippen LogP contribution in [0.25, 0.3) is 0 Å². The summed E-state index contributed by atoms with van der Waals surface area (Å²) < 4.78 is 5.21. The lowest BCUT2D eigenvalue weighted by molar-refractivity contribution is 0.334. The molecule has 25 heavy (non-hydrogen) atoms. The number of aryl methyl sites for hydroxylation is 2. The molecule has 0 bridgehead atoms. The van der Waals surface area contributed by atoms with Crippen LogP contribution in [-0.4, -0.2) is 30.8 Å². The molecule has 5 nitrogen and oxygen atoms in total. The average Bonchev–Trinajstić information content (AvgIpc) is 2.91. The molecule has 0 radical (unpaired) electrons. The predicted octanol–water partition coefficient (Wildman–Crippen LogP) is 4.37. The fraction of sp³-hybridized carbons (Fsp3) is 0.789. The largest absolute Gasteiger partial charge is 0.361 e. The van der Waals surface area contributed by atoms with Gasteiger partial charge in [-0.25, -0.2) is 0 Å². The molecular formula is C19H35IN4O. The molecule has 6 heteroatoms. The Labute approximate surface area is 169 Å². The van der Waals surface area contributed by atoms with Gasteiger partial charge in [0.1, 0.15) is 5.76 Å². The van der Waals surface area contributed by atoms with Crippen LogP contribution in [0.3, 0.4) is 0 Å². The van der Waals surface area contributed by atoms with Gasteiger partial charge in [0.15, 0.2) is 5.96 Å². The van der Waals surface area contributed by atoms with Crippen LogP contribution < -0.4 is 10.6 Å². The van der Waals surface area contributed by atoms with Gasteiger partial charge in [0.05, 0.1) is 5.69 Å². The van der Waals surface area contributed by atoms with E-state index in [0.717, 1.165) is 49.4 Å². The van der Waals surface area contributed by atoms with E-state index in [1.165, 1.54) is 50.5 Å². The highest BCUT2D eigenvalue weighted by Gasteiger charge is 2.12. The van der Waals surface area contributed by atoms with Crippen molar-refractivity contribution in [3.05, 3.63) is 17.0 Å². The molecule has 0 amide bonds. The Bertz CT molecular complexity index is 490. The van der Waals surface area contributed by atoms with Gasteiger partial charge < -0.3 is 15.2 Å². The lowest BCUT2D eigenvalue weighted by Gasteiger charge is -2.20. The first-order chi connectivity index (χ1) is 11.7. The Morgan fingerprint density at radius 3 is 2.60 bits per heavy atom. The molecule has 1 aliphatic rings. The van der Waals surface area contributed by atoms with Gasteiger partial charge in [0.2, 0.25) is 0 Å². The zero-order valence-electron chi connectivity index (χ0n) is 16.1. The molecule has 2 N–H and O–H groups in total. The summed E-state index contributed by atoms with van der Waals surface area (Å²) in [5.41, 5.74) is 2.19. The molecule has 2 rings (SSSR count). The molecule has 0 aliphatic heterocycles. The number of rotatable bonds is 8. The van der Waals surface area contributed by atoms with Crippen LogP contribution in [0.1, 0.15) is 68.9 Å². The van der Waals surface area contributed by atoms with Crippen LogP contribution in [0.5, 0.6) is 0 Å². The minimum Gasteiger partial charge on any atom is -0.361 e. The molecule has 0 atom stereocenters. The minimum absolute atomic E-state index is 0. The van der Waals surface area contributed by atoms with Crippen molar-refractivity contribution in [1.29, 1.82) is 0 Å². The van der Waals surface area contributed by atoms with Crippen LogP contribution in [0, 0.1) is 19.8 Å². The summed E-state index contributed by atoms with van der Waals surface area (Å²) in [6, 6.07) is 0. The number of hydrogen-bond acceptors (Lipinski definition) is 3. The average molecular weight is 462 g/mol. The third-order valence-electron chi connectivity index (χ3n) is 4.96. The molecule has 1 aromatic rings. The minimum atomic E-state index is 0. The Morgan fingerprint density at radius 1 is 1.20 bits per heavy atom. The van der Waals surface area contributed by atoms with E-state index in [2.05, 4.69) is 22.7 Å². The number of guanidine groups is 1. The van der Waals surface area contributed by atoms with Crippen molar-refractivity contribution in [1.82, 2.24) is 15.8 Å². The molecule has 0 aromatic carbocycles. The quantitative estimate of drug-likeness (QED) is 0.261. The maximum Gasteiger partial charge on any atom is 0.191 e. The highest BCUT2D eigenvalue weighted by molar-refractivity contribution is 14.0. The summed E-state index contributed by atoms with van der Waals surface area (Å²) in [6.45, 7) is 8.72. The van der Waals surface area contributed by atoms with Crippen molar-refractivity contribution in [3.8, 4) is 0 Å². The van der Waals surface area contributed by atoms with E-state index >= 15 is 0 Å². The third-order valence-corrected chi connectivity index (χ3v) is 4.96. The highest BCUT2D eigenvalue weighted by Crippen LogP contribution is 2.27. The lowest BCUT2D eigenvalue weighted by Crippen LogP contribution is -2.38. The third kappa shape index (κ3) is 7.96. The molecule has 1 saturated carbocycles. The molecule has 1 heterocycles. The standard InChI is InChI=1S/C19H34N4O.HI/c1-4-20-19(21-13-8-11-17-9-6-5-7-10-17)22-14-12-18-15(2)23-24-16(18)3;/h17H,4-14H2,1-3H3,(H2,20,21,22);1H. The van der Waals surface area contributed by atoms with E-state index in [-0.39, 0.29) is 24.0 Å². The summed E-state index contributed by atoms with van der Waals surface area (Å²) in [5.74, 6) is 2.79. The van der Waals surface area contributed by atoms with E-state index in [9.17, 15) is 0 Å². The molecule has 1 fully saturated rings. The number of nitrogens with one attached hydrogen (secondary N) is 2. The Morgan fingerprint density at radius 2 is 1.96 bits per heavy atom. The van der Waals surface area contributed by atoms with E-state index in [4.69, 9.17) is 9.52 Å². The van der Waals surface area contributed by atoms with Crippen LogP contribution in [0.15, 0.2) is 9.52 Å². The molecule has 1 aliphatic carbocycles. The van der Waals surface area contributed by atoms with E-state index in [1.54, 1.807) is 0 Å². The van der Waals surface area contributed by atoms with E-state index in [1.807, 2.05) is 13.8 Å². The number of nitrogens with zero attached hydrogens (tertiary/aromatic N) is 2. The van der Waals surface area contributed by atoms with Crippen molar-refractivity contribution < 1.29 is 4.52 Å². The van der Waals surface area contributed by atoms with Crippen LogP contribution in [-0.2, 0) is 6.42 Å². The van der Waals surface area contributed by atoms with E-state index < -0.39 is 0 Å². The van der Waals surface area contributed by atoms with Crippen molar-refractivity contribution in [3.63, 3.8) is 0 Å². The monoisotopic (exact) mass is 462 g/mol. The first-order valence-corrected chi connectivity index (χ1v) is 9.64. The molecule has 0 saturated heterocycles. The number of halogens is 1. The first kappa shape index (κ1) is 22.3. The lowest BCUT2D eigenvalue weighted by atomic mass is 9.86. The SMILES string of the molecule is CCNC(=NCCCC1CCCCC1)NCCc1c(C)noc1C.I. The van der Waals surface area contributed by atoms with Gasteiger partial charge in [-0.3, -0.25) is 4.99 Å². The fourth-order valence-electron chi connectivity index (χ4n) is 3.55. The summed E-state index contributed by atoms with van der Waals surface area (Å²) in [6.07, 6.45) is 10.6. The number of aliphatic imine (C=N–C) groups is 1. The topological polar surface area (TPSA) is 62.5 Å². The summed E-state index contributed by atoms with van der Waals surface area (Å²) >= 11 is 0. The smallest absolute Gasteiger partial charge is 0.191 e. The van der Waals surface area contributed by atoms with Crippen molar-refractivity contribution in [2.75, 3.05) is 19.6 Å². The van der Waals surface area contributed by atoms with Gasteiger partial charge in [-0.15, -0.1) is 24.0 Å². The Kier molecular flexibility index (Phi) is 11.2. The zero-order chi connectivity index (χ0) is 17.2. The van der Waals surface area contributed by atoms with Crippen molar-refractivity contribution in [2.24, 2.45) is 10.9 Å². The van der Waals surface area contributed by atoms with Gasteiger partial charge in [-0.1, -0.05) is 37.3 Å². The Balaban J connectivity index is 0.00000312. The summed E-state index contributed by atoms with van der Waals surface area (Å²) in [5, 5.41) is 10.8. The van der Waals surface area contributed by atoms with Gasteiger partial charge in [0, 0.05) is 25.2 Å². The molecule has 0 unspecified atom stereocenters. The van der Waals surface area contributed by atoms with Gasteiger partial charge >= 0.3 is 0 Å². The second-order valence-electron chi connectivity index (χ2n) is 6.89. The molecule has 1 aromatic heterocycles. The zero-order valence-corrected chi connectivity index (χ0v) is 18.4. The normalized spacial score (nSPS) is 15.7. The van der Waals surface area contributed by atoms with Crippen molar-refractivity contribution >= 4 is 29.9 Å². The van der Waals surface area contributed by atoms with Crippen LogP contribution in [0.2, 0.25) is 0 Å². The second-order valence-corrected chi connectivity index (χ2v) is 6.89. The maximum absolute atomic E-state index is 5.21. The summed E-state index contributed by atoms with van der Waals surface area (Å²) in [7, 11) is 0. The fourth-order valence-corrected chi connectivity index (χ4v) is 3.55. The van der Waals surface area contributed by atoms with Gasteiger partial charge in [-0.2, -0.15) is 0 Å². The molecule has 144 valence electrons. The highest BCUT2D eigenvalue weighted by atomic mass is 127. The summed E-state index contributed by atoms with van der Waals surface area (Å²) in [4.78, 5) is 4.72. The van der Waals surface area contributed by atoms with Crippen molar-refractivity contribution in [2.45, 2.75) is 72.1 Å². The molecular weight excluding hydrogens is 427 g/mol.